The van der Waals surface area contributed by atoms with Gasteiger partial charge in [0.1, 0.15) is 11.8 Å². The molecule has 2 N–H and O–H groups in total. The third kappa shape index (κ3) is 3.18. The van der Waals surface area contributed by atoms with Gasteiger partial charge in [-0.1, -0.05) is 36.4 Å². The highest BCUT2D eigenvalue weighted by molar-refractivity contribution is 5.96. The molecule has 2 aromatic heterocycles. The maximum atomic E-state index is 13.4. The van der Waals surface area contributed by atoms with Crippen molar-refractivity contribution >= 4 is 33.7 Å². The van der Waals surface area contributed by atoms with E-state index in [0.29, 0.717) is 0 Å². The molecule has 6 nitrogen and oxygen atoms in total. The van der Waals surface area contributed by atoms with E-state index in [-0.39, 0.29) is 13.2 Å². The maximum absolute atomic E-state index is 13.4. The summed E-state index contributed by atoms with van der Waals surface area (Å²) in [6.07, 6.45) is 1.50. The lowest BCUT2D eigenvalue weighted by atomic mass is 9.79. The van der Waals surface area contributed by atoms with Crippen LogP contribution in [0.3, 0.4) is 0 Å². The SMILES string of the molecule is CCOC(=O)[C@@H]1c2[nH]c3ccccc3c2CCc2c([nH]c3ccccc23)[C@H]1C(=O)OCC. The summed E-state index contributed by atoms with van der Waals surface area (Å²) in [4.78, 5) is 33.7. The van der Waals surface area contributed by atoms with E-state index in [4.69, 9.17) is 9.47 Å². The Labute approximate surface area is 185 Å². The quantitative estimate of drug-likeness (QED) is 0.458. The second-order valence-corrected chi connectivity index (χ2v) is 8.09. The van der Waals surface area contributed by atoms with Gasteiger partial charge in [0.05, 0.1) is 13.2 Å². The highest BCUT2D eigenvalue weighted by Gasteiger charge is 2.44. The fraction of sp³-hybridized carbons (Fsp3) is 0.308. The molecule has 0 saturated carbocycles. The van der Waals surface area contributed by atoms with Crippen LogP contribution in [-0.2, 0) is 31.9 Å². The van der Waals surface area contributed by atoms with Crippen molar-refractivity contribution in [3.05, 3.63) is 71.0 Å². The lowest BCUT2D eigenvalue weighted by Gasteiger charge is -2.27. The van der Waals surface area contributed by atoms with Crippen LogP contribution in [0, 0.1) is 0 Å². The summed E-state index contributed by atoms with van der Waals surface area (Å²) < 4.78 is 11.0. The van der Waals surface area contributed by atoms with Crippen molar-refractivity contribution in [3.8, 4) is 0 Å². The zero-order valence-electron chi connectivity index (χ0n) is 18.2. The van der Waals surface area contributed by atoms with Gasteiger partial charge >= 0.3 is 11.9 Å². The normalized spacial score (nSPS) is 17.9. The molecule has 0 fully saturated rings. The van der Waals surface area contributed by atoms with Crippen molar-refractivity contribution in [1.29, 1.82) is 0 Å². The first-order chi connectivity index (χ1) is 15.6. The molecule has 164 valence electrons. The number of carbonyl (C=O) groups excluding carboxylic acids is 2. The smallest absolute Gasteiger partial charge is 0.316 e. The molecule has 4 aromatic rings. The van der Waals surface area contributed by atoms with Crippen LogP contribution in [-0.4, -0.2) is 35.1 Å². The van der Waals surface area contributed by atoms with E-state index in [0.717, 1.165) is 57.2 Å². The third-order valence-corrected chi connectivity index (χ3v) is 6.35. The van der Waals surface area contributed by atoms with Crippen LogP contribution in [0.5, 0.6) is 0 Å². The minimum Gasteiger partial charge on any atom is -0.465 e. The number of fused-ring (bicyclic) bond motifs is 6. The fourth-order valence-electron chi connectivity index (χ4n) is 5.07. The maximum Gasteiger partial charge on any atom is 0.316 e. The molecule has 2 heterocycles. The summed E-state index contributed by atoms with van der Waals surface area (Å²) in [5, 5.41) is 2.14. The summed E-state index contributed by atoms with van der Waals surface area (Å²) in [6, 6.07) is 16.0. The van der Waals surface area contributed by atoms with Gasteiger partial charge in [-0.2, -0.15) is 0 Å². The molecule has 0 unspecified atom stereocenters. The highest BCUT2D eigenvalue weighted by Crippen LogP contribution is 2.44. The molecule has 0 aliphatic heterocycles. The van der Waals surface area contributed by atoms with E-state index >= 15 is 0 Å². The molecule has 0 spiro atoms. The minimum atomic E-state index is -0.830. The van der Waals surface area contributed by atoms with E-state index in [1.165, 1.54) is 0 Å². The molecule has 0 saturated heterocycles. The Kier molecular flexibility index (Phi) is 5.21. The number of hydrogen-bond donors (Lipinski definition) is 2. The molecule has 0 bridgehead atoms. The first kappa shape index (κ1) is 20.4. The van der Waals surface area contributed by atoms with Gasteiger partial charge in [0, 0.05) is 33.2 Å². The standard InChI is InChI=1S/C26H26N2O4/c1-3-31-25(29)21-22(26(30)32-4-2)24-18(16-10-6-8-12-20(16)28-24)14-13-17-15-9-5-7-11-19(15)27-23(17)21/h5-12,21-22,27-28H,3-4,13-14H2,1-2H3/t21-,22-/m0/s1. The lowest BCUT2D eigenvalue weighted by Crippen LogP contribution is -2.32. The minimum absolute atomic E-state index is 0.236. The Morgan fingerprint density at radius 2 is 1.16 bits per heavy atom. The number of esters is 2. The van der Waals surface area contributed by atoms with Gasteiger partial charge in [-0.3, -0.25) is 9.59 Å². The average molecular weight is 431 g/mol. The molecule has 5 rings (SSSR count). The number of nitrogens with one attached hydrogen (secondary N) is 2. The van der Waals surface area contributed by atoms with Crippen molar-refractivity contribution in [2.24, 2.45) is 0 Å². The Hall–Kier alpha value is -3.54. The number of rotatable bonds is 4. The Bertz CT molecular complexity index is 1210. The predicted octanol–water partition coefficient (Wildman–Crippen LogP) is 4.74. The molecule has 2 atom stereocenters. The summed E-state index contributed by atoms with van der Waals surface area (Å²) >= 11 is 0. The largest absolute Gasteiger partial charge is 0.465 e. The second kappa shape index (κ2) is 8.19. The summed E-state index contributed by atoms with van der Waals surface area (Å²) in [5.74, 6) is -2.51. The Morgan fingerprint density at radius 1 is 0.750 bits per heavy atom. The molecule has 0 amide bonds. The van der Waals surface area contributed by atoms with Gasteiger partial charge in [-0.25, -0.2) is 0 Å². The zero-order valence-corrected chi connectivity index (χ0v) is 18.2. The van der Waals surface area contributed by atoms with Crippen LogP contribution in [0.4, 0.5) is 0 Å². The zero-order chi connectivity index (χ0) is 22.2. The van der Waals surface area contributed by atoms with Crippen LogP contribution in [0.15, 0.2) is 48.5 Å². The van der Waals surface area contributed by atoms with Crippen LogP contribution in [0.1, 0.15) is 48.2 Å². The highest BCUT2D eigenvalue weighted by atomic mass is 16.5. The van der Waals surface area contributed by atoms with E-state index in [1.54, 1.807) is 13.8 Å². The third-order valence-electron chi connectivity index (χ3n) is 6.35. The van der Waals surface area contributed by atoms with E-state index in [9.17, 15) is 9.59 Å². The first-order valence-corrected chi connectivity index (χ1v) is 11.2. The van der Waals surface area contributed by atoms with Gasteiger partial charge in [0.2, 0.25) is 0 Å². The van der Waals surface area contributed by atoms with Gasteiger partial charge in [-0.05, 0) is 49.9 Å². The number of benzene rings is 2. The number of aryl methyl sites for hydroxylation is 2. The van der Waals surface area contributed by atoms with Crippen molar-refractivity contribution < 1.29 is 19.1 Å². The molecule has 2 aromatic carbocycles. The van der Waals surface area contributed by atoms with Crippen LogP contribution < -0.4 is 0 Å². The topological polar surface area (TPSA) is 84.2 Å². The molecular formula is C26H26N2O4. The molecule has 1 aliphatic carbocycles. The van der Waals surface area contributed by atoms with Gasteiger partial charge in [0.25, 0.3) is 0 Å². The number of carbonyl (C=O) groups is 2. The number of hydrogen-bond acceptors (Lipinski definition) is 4. The summed E-state index contributed by atoms with van der Waals surface area (Å²) in [5.41, 5.74) is 5.50. The molecule has 32 heavy (non-hydrogen) atoms. The van der Waals surface area contributed by atoms with E-state index < -0.39 is 23.8 Å². The predicted molar refractivity (Wildman–Crippen MR) is 123 cm³/mol. The van der Waals surface area contributed by atoms with Crippen LogP contribution in [0.2, 0.25) is 0 Å². The van der Waals surface area contributed by atoms with E-state index in [2.05, 4.69) is 22.1 Å². The Balaban J connectivity index is 1.81. The number of H-pyrrole nitrogens is 2. The number of para-hydroxylation sites is 2. The number of ether oxygens (including phenoxy) is 2. The van der Waals surface area contributed by atoms with Gasteiger partial charge in [-0.15, -0.1) is 0 Å². The van der Waals surface area contributed by atoms with Crippen LogP contribution in [0.25, 0.3) is 21.8 Å². The first-order valence-electron chi connectivity index (χ1n) is 11.2. The molecule has 0 radical (unpaired) electrons. The van der Waals surface area contributed by atoms with Crippen molar-refractivity contribution in [2.75, 3.05) is 13.2 Å². The monoisotopic (exact) mass is 430 g/mol. The van der Waals surface area contributed by atoms with Crippen LogP contribution >= 0.6 is 0 Å². The van der Waals surface area contributed by atoms with Crippen molar-refractivity contribution in [1.82, 2.24) is 9.97 Å². The molecule has 6 heteroatoms. The van der Waals surface area contributed by atoms with Gasteiger partial charge in [0.15, 0.2) is 0 Å². The summed E-state index contributed by atoms with van der Waals surface area (Å²) in [7, 11) is 0. The lowest BCUT2D eigenvalue weighted by molar-refractivity contribution is -0.153. The molecule has 1 aliphatic rings. The molecular weight excluding hydrogens is 404 g/mol. The number of aromatic nitrogens is 2. The van der Waals surface area contributed by atoms with Crippen molar-refractivity contribution in [3.63, 3.8) is 0 Å². The average Bonchev–Trinajstić information content (AvgIpc) is 3.32. The Morgan fingerprint density at radius 3 is 1.56 bits per heavy atom. The number of aromatic amines is 2. The van der Waals surface area contributed by atoms with Gasteiger partial charge < -0.3 is 19.4 Å². The summed E-state index contributed by atoms with van der Waals surface area (Å²) in [6.45, 7) is 4.03. The second-order valence-electron chi connectivity index (χ2n) is 8.09. The van der Waals surface area contributed by atoms with Crippen molar-refractivity contribution in [2.45, 2.75) is 38.5 Å². The van der Waals surface area contributed by atoms with E-state index in [1.807, 2.05) is 36.4 Å². The fourth-order valence-corrected chi connectivity index (χ4v) is 5.07.